The molecule has 170 valence electrons. The van der Waals surface area contributed by atoms with Gasteiger partial charge in [-0.3, -0.25) is 15.2 Å². The van der Waals surface area contributed by atoms with Crippen molar-refractivity contribution in [2.45, 2.75) is 24.4 Å². The molecule has 4 rings (SSSR count). The van der Waals surface area contributed by atoms with E-state index < -0.39 is 10.9 Å². The van der Waals surface area contributed by atoms with Gasteiger partial charge in [-0.05, 0) is 73.0 Å². The fourth-order valence-corrected chi connectivity index (χ4v) is 4.43. The number of thioether (sulfide) groups is 1. The highest BCUT2D eigenvalue weighted by Gasteiger charge is 2.22. The number of hydrogen-bond acceptors (Lipinski definition) is 7. The Morgan fingerprint density at radius 3 is 2.58 bits per heavy atom. The van der Waals surface area contributed by atoms with Crippen LogP contribution >= 0.6 is 23.4 Å². The normalized spacial score (nSPS) is 14.3. The van der Waals surface area contributed by atoms with E-state index in [9.17, 15) is 20.0 Å². The van der Waals surface area contributed by atoms with Crippen LogP contribution in [0.5, 0.6) is 0 Å². The van der Waals surface area contributed by atoms with E-state index in [1.54, 1.807) is 36.4 Å². The zero-order valence-corrected chi connectivity index (χ0v) is 19.0. The summed E-state index contributed by atoms with van der Waals surface area (Å²) < 4.78 is 0. The minimum atomic E-state index is -1.18. The van der Waals surface area contributed by atoms with Crippen molar-refractivity contribution in [2.24, 2.45) is 0 Å². The summed E-state index contributed by atoms with van der Waals surface area (Å²) in [5.74, 6) is -0.707. The highest BCUT2D eigenvalue weighted by molar-refractivity contribution is 8.04. The van der Waals surface area contributed by atoms with Crippen molar-refractivity contribution in [3.05, 3.63) is 68.1 Å². The van der Waals surface area contributed by atoms with Gasteiger partial charge in [-0.2, -0.15) is 0 Å². The molecule has 0 bridgehead atoms. The van der Waals surface area contributed by atoms with Gasteiger partial charge in [0.1, 0.15) is 10.6 Å². The number of benzene rings is 2. The minimum Gasteiger partial charge on any atom is -0.477 e. The maximum Gasteiger partial charge on any atom is 0.342 e. The zero-order chi connectivity index (χ0) is 23.4. The number of carboxylic acids is 1. The Labute approximate surface area is 198 Å². The number of nitrogens with one attached hydrogen (secondary N) is 1. The number of rotatable bonds is 7. The molecule has 0 saturated carbocycles. The molecule has 0 spiro atoms. The number of H-pyrrole nitrogens is 1. The Balaban J connectivity index is 1.59. The van der Waals surface area contributed by atoms with Crippen LogP contribution in [0.25, 0.3) is 17.5 Å². The van der Waals surface area contributed by atoms with Crippen LogP contribution in [0.15, 0.2) is 52.5 Å². The second kappa shape index (κ2) is 10.1. The van der Waals surface area contributed by atoms with Crippen LogP contribution in [-0.4, -0.2) is 44.3 Å². The van der Waals surface area contributed by atoms with Gasteiger partial charge in [0.2, 0.25) is 5.16 Å². The third-order valence-electron chi connectivity index (χ3n) is 5.19. The standard InChI is InChI=1S/C22H20ClN5O4S/c23-16-7-5-15(6-8-16)20-24-22(26-25-20)33-19(21(29)30)13-14-4-9-17(18(12-14)28(31)32)27-10-2-1-3-11-27/h4-9,12-13H,1-3,10-11H2,(H,29,30)(H,24,25,26)/b19-13+. The Morgan fingerprint density at radius 1 is 1.18 bits per heavy atom. The van der Waals surface area contributed by atoms with Crippen molar-refractivity contribution in [1.29, 1.82) is 0 Å². The van der Waals surface area contributed by atoms with Gasteiger partial charge in [0.25, 0.3) is 5.69 Å². The largest absolute Gasteiger partial charge is 0.477 e. The maximum absolute atomic E-state index is 11.8. The quantitative estimate of drug-likeness (QED) is 0.201. The van der Waals surface area contributed by atoms with E-state index in [1.807, 2.05) is 4.90 Å². The Kier molecular flexibility index (Phi) is 6.95. The summed E-state index contributed by atoms with van der Waals surface area (Å²) in [6.07, 6.45) is 4.49. The summed E-state index contributed by atoms with van der Waals surface area (Å²) in [4.78, 5) is 29.4. The van der Waals surface area contributed by atoms with E-state index in [0.717, 1.165) is 49.7 Å². The number of aromatic amines is 1. The lowest BCUT2D eigenvalue weighted by Crippen LogP contribution is -2.29. The number of nitro groups is 1. The predicted molar refractivity (Wildman–Crippen MR) is 127 cm³/mol. The topological polar surface area (TPSA) is 125 Å². The zero-order valence-electron chi connectivity index (χ0n) is 17.4. The van der Waals surface area contributed by atoms with E-state index in [0.29, 0.717) is 22.1 Å². The van der Waals surface area contributed by atoms with E-state index in [-0.39, 0.29) is 15.7 Å². The Hall–Kier alpha value is -3.37. The smallest absolute Gasteiger partial charge is 0.342 e. The Morgan fingerprint density at radius 2 is 1.91 bits per heavy atom. The first kappa shape index (κ1) is 22.8. The molecule has 1 aliphatic rings. The van der Waals surface area contributed by atoms with Gasteiger partial charge in [0.05, 0.1) is 4.92 Å². The molecular weight excluding hydrogens is 466 g/mol. The van der Waals surface area contributed by atoms with Gasteiger partial charge in [-0.25, -0.2) is 9.78 Å². The first-order chi connectivity index (χ1) is 15.9. The molecule has 9 nitrogen and oxygen atoms in total. The molecule has 0 atom stereocenters. The van der Waals surface area contributed by atoms with Crippen LogP contribution in [-0.2, 0) is 4.79 Å². The van der Waals surface area contributed by atoms with Crippen LogP contribution in [0.3, 0.4) is 0 Å². The summed E-state index contributed by atoms with van der Waals surface area (Å²) in [7, 11) is 0. The van der Waals surface area contributed by atoms with E-state index in [2.05, 4.69) is 15.2 Å². The molecule has 0 unspecified atom stereocenters. The van der Waals surface area contributed by atoms with E-state index >= 15 is 0 Å². The third-order valence-corrected chi connectivity index (χ3v) is 6.31. The average Bonchev–Trinajstić information content (AvgIpc) is 3.28. The summed E-state index contributed by atoms with van der Waals surface area (Å²) in [5, 5.41) is 29.0. The number of nitrogens with zero attached hydrogens (tertiary/aromatic N) is 4. The lowest BCUT2D eigenvalue weighted by atomic mass is 10.1. The Bertz CT molecular complexity index is 1210. The van der Waals surface area contributed by atoms with Crippen LogP contribution in [0.2, 0.25) is 5.02 Å². The minimum absolute atomic E-state index is 0.0386. The summed E-state index contributed by atoms with van der Waals surface area (Å²) in [6.45, 7) is 1.54. The van der Waals surface area contributed by atoms with Crippen molar-refractivity contribution in [1.82, 2.24) is 15.2 Å². The maximum atomic E-state index is 11.8. The fraction of sp³-hybridized carbons (Fsp3) is 0.227. The van der Waals surface area contributed by atoms with Crippen LogP contribution in [0, 0.1) is 10.1 Å². The second-order valence-corrected chi connectivity index (χ2v) is 8.89. The van der Waals surface area contributed by atoms with Gasteiger partial charge in [0.15, 0.2) is 5.82 Å². The van der Waals surface area contributed by atoms with Crippen molar-refractivity contribution in [3.8, 4) is 11.4 Å². The number of nitro benzene ring substituents is 1. The molecule has 0 aliphatic carbocycles. The first-order valence-electron chi connectivity index (χ1n) is 10.3. The van der Waals surface area contributed by atoms with Gasteiger partial charge in [-0.15, -0.1) is 5.10 Å². The lowest BCUT2D eigenvalue weighted by Gasteiger charge is -2.28. The SMILES string of the molecule is O=C(O)/C(=C\c1ccc(N2CCCCC2)c([N+](=O)[O-])c1)Sc1n[nH]c(-c2ccc(Cl)cc2)n1. The molecule has 1 fully saturated rings. The molecule has 0 amide bonds. The molecule has 2 heterocycles. The molecule has 33 heavy (non-hydrogen) atoms. The number of aromatic nitrogens is 3. The monoisotopic (exact) mass is 485 g/mol. The summed E-state index contributed by atoms with van der Waals surface area (Å²) >= 11 is 6.76. The number of carbonyl (C=O) groups is 1. The highest BCUT2D eigenvalue weighted by Crippen LogP contribution is 2.33. The molecule has 2 N–H and O–H groups in total. The number of carboxylic acid groups (broad SMARTS) is 1. The molecular formula is C22H20ClN5O4S. The van der Waals surface area contributed by atoms with Crippen molar-refractivity contribution in [2.75, 3.05) is 18.0 Å². The lowest BCUT2D eigenvalue weighted by molar-refractivity contribution is -0.384. The highest BCUT2D eigenvalue weighted by atomic mass is 35.5. The van der Waals surface area contributed by atoms with Crippen LogP contribution < -0.4 is 4.90 Å². The van der Waals surface area contributed by atoms with Gasteiger partial charge in [-0.1, -0.05) is 17.7 Å². The fourth-order valence-electron chi connectivity index (χ4n) is 3.59. The molecule has 1 aliphatic heterocycles. The molecule has 2 aromatic carbocycles. The van der Waals surface area contributed by atoms with Gasteiger partial charge >= 0.3 is 5.97 Å². The molecule has 11 heteroatoms. The average molecular weight is 486 g/mol. The van der Waals surface area contributed by atoms with Crippen molar-refractivity contribution in [3.63, 3.8) is 0 Å². The van der Waals surface area contributed by atoms with Crippen LogP contribution in [0.1, 0.15) is 24.8 Å². The number of halogens is 1. The number of aliphatic carboxylic acids is 1. The van der Waals surface area contributed by atoms with E-state index in [4.69, 9.17) is 11.6 Å². The first-order valence-corrected chi connectivity index (χ1v) is 11.4. The van der Waals surface area contributed by atoms with Gasteiger partial charge in [0, 0.05) is 29.7 Å². The second-order valence-electron chi connectivity index (χ2n) is 7.44. The third kappa shape index (κ3) is 5.52. The molecule has 1 aromatic heterocycles. The van der Waals surface area contributed by atoms with E-state index in [1.165, 1.54) is 12.1 Å². The number of hydrogen-bond donors (Lipinski definition) is 2. The number of anilines is 1. The van der Waals surface area contributed by atoms with Crippen molar-refractivity contribution >= 4 is 46.8 Å². The summed E-state index contributed by atoms with van der Waals surface area (Å²) in [5.41, 5.74) is 1.69. The number of piperidine rings is 1. The van der Waals surface area contributed by atoms with Gasteiger partial charge < -0.3 is 10.0 Å². The van der Waals surface area contributed by atoms with Crippen LogP contribution in [0.4, 0.5) is 11.4 Å². The molecule has 0 radical (unpaired) electrons. The molecule has 3 aromatic rings. The van der Waals surface area contributed by atoms with Crippen molar-refractivity contribution < 1.29 is 14.8 Å². The molecule has 1 saturated heterocycles. The predicted octanol–water partition coefficient (Wildman–Crippen LogP) is 5.24. The summed E-state index contributed by atoms with van der Waals surface area (Å²) in [6, 6.07) is 11.8.